The molecule has 1 N–H and O–H groups in total. The number of hydrogen-bond acceptors (Lipinski definition) is 4. The highest BCUT2D eigenvalue weighted by Crippen LogP contribution is 2.40. The van der Waals surface area contributed by atoms with Crippen LogP contribution in [0.5, 0.6) is 0 Å². The Labute approximate surface area is 143 Å². The largest absolute Gasteiger partial charge is 0.317 e. The second-order valence-electron chi connectivity index (χ2n) is 6.45. The van der Waals surface area contributed by atoms with E-state index >= 15 is 0 Å². The maximum absolute atomic E-state index is 12.7. The molecule has 3 heterocycles. The SMILES string of the molecule is Cc1csc(S(=O)(=O)N2CCCC3(CCNCC3)CC2)c1.Cl. The third kappa shape index (κ3) is 3.67. The zero-order chi connectivity index (χ0) is 14.9. The fourth-order valence-electron chi connectivity index (χ4n) is 3.59. The molecule has 3 rings (SSSR count). The van der Waals surface area contributed by atoms with E-state index in [4.69, 9.17) is 0 Å². The molecule has 1 spiro atoms. The van der Waals surface area contributed by atoms with Gasteiger partial charge in [-0.05, 0) is 74.5 Å². The summed E-state index contributed by atoms with van der Waals surface area (Å²) in [6, 6.07) is 1.80. The van der Waals surface area contributed by atoms with E-state index in [9.17, 15) is 8.42 Å². The average molecular weight is 365 g/mol. The molecule has 2 fully saturated rings. The maximum Gasteiger partial charge on any atom is 0.252 e. The van der Waals surface area contributed by atoms with E-state index in [1.54, 1.807) is 10.4 Å². The van der Waals surface area contributed by atoms with Crippen LogP contribution in [0.25, 0.3) is 0 Å². The van der Waals surface area contributed by atoms with Crippen molar-refractivity contribution in [1.82, 2.24) is 9.62 Å². The van der Waals surface area contributed by atoms with Crippen molar-refractivity contribution in [3.8, 4) is 0 Å². The number of nitrogens with zero attached hydrogens (tertiary/aromatic N) is 1. The fourth-order valence-corrected chi connectivity index (χ4v) is 6.46. The Hall–Kier alpha value is -0.140. The Bertz CT molecular complexity index is 594. The summed E-state index contributed by atoms with van der Waals surface area (Å²) in [6.45, 7) is 5.46. The molecule has 0 atom stereocenters. The van der Waals surface area contributed by atoms with Crippen molar-refractivity contribution in [2.24, 2.45) is 5.41 Å². The van der Waals surface area contributed by atoms with Crippen LogP contribution >= 0.6 is 23.7 Å². The van der Waals surface area contributed by atoms with E-state index in [2.05, 4.69) is 5.32 Å². The number of hydrogen-bond donors (Lipinski definition) is 1. The Morgan fingerprint density at radius 1 is 1.18 bits per heavy atom. The summed E-state index contributed by atoms with van der Waals surface area (Å²) in [5.41, 5.74) is 1.41. The quantitative estimate of drug-likeness (QED) is 0.877. The lowest BCUT2D eigenvalue weighted by Gasteiger charge is -2.37. The molecule has 126 valence electrons. The van der Waals surface area contributed by atoms with Gasteiger partial charge in [-0.1, -0.05) is 0 Å². The molecule has 0 bridgehead atoms. The predicted molar refractivity (Wildman–Crippen MR) is 93.5 cm³/mol. The van der Waals surface area contributed by atoms with Crippen molar-refractivity contribution in [3.05, 3.63) is 17.0 Å². The lowest BCUT2D eigenvalue weighted by Crippen LogP contribution is -2.38. The van der Waals surface area contributed by atoms with E-state index < -0.39 is 10.0 Å². The Morgan fingerprint density at radius 2 is 1.91 bits per heavy atom. The lowest BCUT2D eigenvalue weighted by atomic mass is 9.73. The number of aryl methyl sites for hydroxylation is 1. The third-order valence-electron chi connectivity index (χ3n) is 4.97. The van der Waals surface area contributed by atoms with Crippen molar-refractivity contribution in [1.29, 1.82) is 0 Å². The number of nitrogens with one attached hydrogen (secondary N) is 1. The average Bonchev–Trinajstić information content (AvgIpc) is 2.80. The third-order valence-corrected chi connectivity index (χ3v) is 8.40. The zero-order valence-electron chi connectivity index (χ0n) is 13.0. The van der Waals surface area contributed by atoms with Gasteiger partial charge in [0.2, 0.25) is 0 Å². The van der Waals surface area contributed by atoms with Crippen molar-refractivity contribution in [3.63, 3.8) is 0 Å². The van der Waals surface area contributed by atoms with Crippen molar-refractivity contribution in [2.45, 2.75) is 43.2 Å². The molecule has 22 heavy (non-hydrogen) atoms. The minimum atomic E-state index is -3.28. The normalized spacial score (nSPS) is 23.0. The van der Waals surface area contributed by atoms with Crippen molar-refractivity contribution < 1.29 is 8.42 Å². The molecule has 0 saturated carbocycles. The van der Waals surface area contributed by atoms with Crippen molar-refractivity contribution >= 4 is 33.8 Å². The Kier molecular flexibility index (Phi) is 5.94. The summed E-state index contributed by atoms with van der Waals surface area (Å²) < 4.78 is 27.7. The van der Waals surface area contributed by atoms with Gasteiger partial charge < -0.3 is 5.32 Å². The van der Waals surface area contributed by atoms with Crippen LogP contribution in [-0.4, -0.2) is 38.9 Å². The summed E-state index contributed by atoms with van der Waals surface area (Å²) in [7, 11) is -3.28. The van der Waals surface area contributed by atoms with Gasteiger partial charge in [0, 0.05) is 13.1 Å². The van der Waals surface area contributed by atoms with Crippen LogP contribution in [0.1, 0.15) is 37.7 Å². The molecule has 1 aromatic heterocycles. The van der Waals surface area contributed by atoms with Gasteiger partial charge in [0.05, 0.1) is 0 Å². The molecule has 2 aliphatic rings. The molecule has 0 aliphatic carbocycles. The lowest BCUT2D eigenvalue weighted by molar-refractivity contribution is 0.175. The number of sulfonamides is 1. The van der Waals surface area contributed by atoms with Crippen LogP contribution in [0.4, 0.5) is 0 Å². The molecular weight excluding hydrogens is 340 g/mol. The van der Waals surface area contributed by atoms with Crippen LogP contribution in [0.15, 0.2) is 15.7 Å². The van der Waals surface area contributed by atoms with E-state index in [1.165, 1.54) is 30.6 Å². The van der Waals surface area contributed by atoms with E-state index in [1.807, 2.05) is 12.3 Å². The van der Waals surface area contributed by atoms with E-state index in [-0.39, 0.29) is 12.4 Å². The van der Waals surface area contributed by atoms with Gasteiger partial charge in [0.25, 0.3) is 10.0 Å². The molecule has 0 unspecified atom stereocenters. The molecule has 0 radical (unpaired) electrons. The highest BCUT2D eigenvalue weighted by molar-refractivity contribution is 7.91. The highest BCUT2D eigenvalue weighted by atomic mass is 35.5. The van der Waals surface area contributed by atoms with Crippen molar-refractivity contribution in [2.75, 3.05) is 26.2 Å². The molecule has 0 amide bonds. The first-order chi connectivity index (χ1) is 10.0. The first kappa shape index (κ1) is 18.2. The second-order valence-corrected chi connectivity index (χ2v) is 9.53. The molecule has 4 nitrogen and oxygen atoms in total. The fraction of sp³-hybridized carbons (Fsp3) is 0.733. The van der Waals surface area contributed by atoms with Crippen LogP contribution in [0.3, 0.4) is 0 Å². The van der Waals surface area contributed by atoms with Gasteiger partial charge in [-0.2, -0.15) is 4.31 Å². The van der Waals surface area contributed by atoms with Gasteiger partial charge in [-0.15, -0.1) is 23.7 Å². The first-order valence-electron chi connectivity index (χ1n) is 7.78. The number of thiophene rings is 1. The smallest absolute Gasteiger partial charge is 0.252 e. The summed E-state index contributed by atoms with van der Waals surface area (Å²) in [5.74, 6) is 0. The van der Waals surface area contributed by atoms with Gasteiger partial charge in [-0.3, -0.25) is 0 Å². The van der Waals surface area contributed by atoms with Gasteiger partial charge >= 0.3 is 0 Å². The van der Waals surface area contributed by atoms with Crippen LogP contribution in [0.2, 0.25) is 0 Å². The summed E-state index contributed by atoms with van der Waals surface area (Å²) in [5, 5.41) is 5.33. The molecule has 0 aromatic carbocycles. The van der Waals surface area contributed by atoms with E-state index in [0.717, 1.165) is 31.5 Å². The molecule has 1 aromatic rings. The van der Waals surface area contributed by atoms with Crippen LogP contribution in [0, 0.1) is 12.3 Å². The first-order valence-corrected chi connectivity index (χ1v) is 10.1. The minimum Gasteiger partial charge on any atom is -0.317 e. The monoisotopic (exact) mass is 364 g/mol. The van der Waals surface area contributed by atoms with Crippen LogP contribution < -0.4 is 5.32 Å². The number of piperidine rings is 1. The predicted octanol–water partition coefficient (Wildman–Crippen LogP) is 3.02. The second kappa shape index (κ2) is 7.18. The Morgan fingerprint density at radius 3 is 2.55 bits per heavy atom. The van der Waals surface area contributed by atoms with E-state index in [0.29, 0.717) is 22.7 Å². The zero-order valence-corrected chi connectivity index (χ0v) is 15.5. The van der Waals surface area contributed by atoms with Gasteiger partial charge in [0.15, 0.2) is 0 Å². The molecule has 7 heteroatoms. The van der Waals surface area contributed by atoms with Gasteiger partial charge in [0.1, 0.15) is 4.21 Å². The minimum absolute atomic E-state index is 0. The number of rotatable bonds is 2. The molecular formula is C15H25ClN2O2S2. The summed E-state index contributed by atoms with van der Waals surface area (Å²) >= 11 is 1.34. The number of halogens is 1. The highest BCUT2D eigenvalue weighted by Gasteiger charge is 2.37. The summed E-state index contributed by atoms with van der Waals surface area (Å²) in [4.78, 5) is 0. The summed E-state index contributed by atoms with van der Waals surface area (Å²) in [6.07, 6.45) is 5.56. The molecule has 2 aliphatic heterocycles. The molecule has 2 saturated heterocycles. The Balaban J connectivity index is 0.00000176. The topological polar surface area (TPSA) is 49.4 Å². The van der Waals surface area contributed by atoms with Gasteiger partial charge in [-0.25, -0.2) is 8.42 Å². The van der Waals surface area contributed by atoms with Crippen LogP contribution in [-0.2, 0) is 10.0 Å². The maximum atomic E-state index is 12.7. The standard InChI is InChI=1S/C15H24N2O2S2.ClH/c1-13-11-14(20-12-13)21(18,19)17-9-2-3-15(6-10-17)4-7-16-8-5-15;/h11-12,16H,2-10H2,1H3;1H.